The van der Waals surface area contributed by atoms with E-state index in [2.05, 4.69) is 39.0 Å². The highest BCUT2D eigenvalue weighted by Crippen LogP contribution is 2.26. The molecule has 0 saturated carbocycles. The van der Waals surface area contributed by atoms with Gasteiger partial charge in [-0.15, -0.1) is 0 Å². The van der Waals surface area contributed by atoms with E-state index in [4.69, 9.17) is 21.6 Å². The van der Waals surface area contributed by atoms with Crippen LogP contribution in [0.4, 0.5) is 17.5 Å². The van der Waals surface area contributed by atoms with Gasteiger partial charge in [0.05, 0.1) is 5.52 Å². The molecule has 0 spiro atoms. The molecule has 26 heavy (non-hydrogen) atoms. The minimum Gasteiger partial charge on any atom is -0.368 e. The van der Waals surface area contributed by atoms with E-state index in [1.807, 2.05) is 38.4 Å². The molecule has 6 heteroatoms. The number of para-hydroxylation sites is 1. The number of rotatable bonds is 3. The highest BCUT2D eigenvalue weighted by Gasteiger charge is 2.21. The SMILES string of the molecule is CN(C)c1nc(N2CCN(c3ccc(Cl)cc3)CC2)nc2ccccc12. The van der Waals surface area contributed by atoms with Gasteiger partial charge in [0.25, 0.3) is 0 Å². The van der Waals surface area contributed by atoms with Crippen LogP contribution in [0.15, 0.2) is 48.5 Å². The summed E-state index contributed by atoms with van der Waals surface area (Å²) >= 11 is 5.99. The third kappa shape index (κ3) is 3.27. The molecule has 1 saturated heterocycles. The Morgan fingerprint density at radius 1 is 0.846 bits per heavy atom. The number of piperazine rings is 1. The van der Waals surface area contributed by atoms with Gasteiger partial charge in [-0.2, -0.15) is 4.98 Å². The Balaban J connectivity index is 1.56. The van der Waals surface area contributed by atoms with Crippen molar-refractivity contribution < 1.29 is 0 Å². The lowest BCUT2D eigenvalue weighted by Gasteiger charge is -2.36. The highest BCUT2D eigenvalue weighted by molar-refractivity contribution is 6.30. The van der Waals surface area contributed by atoms with Gasteiger partial charge in [0.15, 0.2) is 0 Å². The third-order valence-electron chi connectivity index (χ3n) is 4.75. The number of aromatic nitrogens is 2. The average Bonchev–Trinajstić information content (AvgIpc) is 2.68. The second-order valence-corrected chi connectivity index (χ2v) is 7.15. The topological polar surface area (TPSA) is 35.5 Å². The van der Waals surface area contributed by atoms with E-state index in [9.17, 15) is 0 Å². The molecular weight excluding hydrogens is 346 g/mol. The molecule has 1 aliphatic rings. The molecule has 5 nitrogen and oxygen atoms in total. The van der Waals surface area contributed by atoms with Gasteiger partial charge in [0.2, 0.25) is 5.95 Å². The van der Waals surface area contributed by atoms with E-state index >= 15 is 0 Å². The Morgan fingerprint density at radius 3 is 2.19 bits per heavy atom. The maximum atomic E-state index is 5.99. The van der Waals surface area contributed by atoms with Crippen LogP contribution in [-0.4, -0.2) is 50.2 Å². The van der Waals surface area contributed by atoms with E-state index in [0.717, 1.165) is 53.9 Å². The minimum absolute atomic E-state index is 0.771. The van der Waals surface area contributed by atoms with Crippen LogP contribution in [0.3, 0.4) is 0 Å². The standard InChI is InChI=1S/C20H22ClN5/c1-24(2)19-17-5-3-4-6-18(17)22-20(23-19)26-13-11-25(12-14-26)16-9-7-15(21)8-10-16/h3-10H,11-14H2,1-2H3. The largest absolute Gasteiger partial charge is 0.368 e. The Bertz CT molecular complexity index is 902. The first-order valence-electron chi connectivity index (χ1n) is 8.81. The van der Waals surface area contributed by atoms with Crippen LogP contribution < -0.4 is 14.7 Å². The molecule has 0 amide bonds. The molecule has 0 unspecified atom stereocenters. The molecule has 0 aliphatic carbocycles. The van der Waals surface area contributed by atoms with Crippen molar-refractivity contribution >= 4 is 40.0 Å². The molecule has 1 aliphatic heterocycles. The van der Waals surface area contributed by atoms with Gasteiger partial charge < -0.3 is 14.7 Å². The summed E-state index contributed by atoms with van der Waals surface area (Å²) < 4.78 is 0. The lowest BCUT2D eigenvalue weighted by Crippen LogP contribution is -2.47. The fourth-order valence-corrected chi connectivity index (χ4v) is 3.47. The molecule has 3 aromatic rings. The molecule has 0 atom stereocenters. The first kappa shape index (κ1) is 16.9. The van der Waals surface area contributed by atoms with Crippen molar-refractivity contribution in [3.8, 4) is 0 Å². The summed E-state index contributed by atoms with van der Waals surface area (Å²) in [7, 11) is 4.05. The molecule has 0 bridgehead atoms. The van der Waals surface area contributed by atoms with Crippen molar-refractivity contribution in [1.29, 1.82) is 0 Å². The summed E-state index contributed by atoms with van der Waals surface area (Å²) in [6.07, 6.45) is 0. The van der Waals surface area contributed by atoms with E-state index in [0.29, 0.717) is 0 Å². The zero-order chi connectivity index (χ0) is 18.1. The summed E-state index contributed by atoms with van der Waals surface area (Å²) in [4.78, 5) is 16.3. The van der Waals surface area contributed by atoms with E-state index in [1.165, 1.54) is 5.69 Å². The van der Waals surface area contributed by atoms with Gasteiger partial charge in [-0.25, -0.2) is 4.98 Å². The number of fused-ring (bicyclic) bond motifs is 1. The Labute approximate surface area is 158 Å². The van der Waals surface area contributed by atoms with E-state index in [1.54, 1.807) is 0 Å². The number of hydrogen-bond acceptors (Lipinski definition) is 5. The monoisotopic (exact) mass is 367 g/mol. The second kappa shape index (κ2) is 7.00. The van der Waals surface area contributed by atoms with Crippen molar-refractivity contribution in [1.82, 2.24) is 9.97 Å². The molecule has 0 radical (unpaired) electrons. The lowest BCUT2D eigenvalue weighted by atomic mass is 10.2. The second-order valence-electron chi connectivity index (χ2n) is 6.71. The predicted molar refractivity (Wildman–Crippen MR) is 110 cm³/mol. The Morgan fingerprint density at radius 2 is 1.50 bits per heavy atom. The van der Waals surface area contributed by atoms with Crippen LogP contribution in [0.1, 0.15) is 0 Å². The first-order valence-corrected chi connectivity index (χ1v) is 9.19. The first-order chi connectivity index (χ1) is 12.6. The summed E-state index contributed by atoms with van der Waals surface area (Å²) in [6, 6.07) is 16.2. The van der Waals surface area contributed by atoms with Crippen LogP contribution in [-0.2, 0) is 0 Å². The minimum atomic E-state index is 0.771. The fraction of sp³-hybridized carbons (Fsp3) is 0.300. The van der Waals surface area contributed by atoms with Crippen molar-refractivity contribution in [2.75, 3.05) is 55.0 Å². The zero-order valence-electron chi connectivity index (χ0n) is 15.1. The summed E-state index contributed by atoms with van der Waals surface area (Å²) in [6.45, 7) is 3.67. The maximum Gasteiger partial charge on any atom is 0.228 e. The zero-order valence-corrected chi connectivity index (χ0v) is 15.8. The van der Waals surface area contributed by atoms with Crippen molar-refractivity contribution in [2.45, 2.75) is 0 Å². The van der Waals surface area contributed by atoms with E-state index < -0.39 is 0 Å². The molecule has 1 fully saturated rings. The predicted octanol–water partition coefficient (Wildman–Crippen LogP) is 3.68. The maximum absolute atomic E-state index is 5.99. The summed E-state index contributed by atoms with van der Waals surface area (Å²) in [5.41, 5.74) is 2.20. The van der Waals surface area contributed by atoms with Gasteiger partial charge in [-0.05, 0) is 36.4 Å². The van der Waals surface area contributed by atoms with Crippen molar-refractivity contribution in [2.24, 2.45) is 0 Å². The van der Waals surface area contributed by atoms with Gasteiger partial charge in [0.1, 0.15) is 5.82 Å². The molecule has 2 heterocycles. The van der Waals surface area contributed by atoms with Crippen molar-refractivity contribution in [3.63, 3.8) is 0 Å². The van der Waals surface area contributed by atoms with Gasteiger partial charge in [0, 0.05) is 56.4 Å². The van der Waals surface area contributed by atoms with Crippen molar-refractivity contribution in [3.05, 3.63) is 53.6 Å². The van der Waals surface area contributed by atoms with Crippen LogP contribution in [0, 0.1) is 0 Å². The van der Waals surface area contributed by atoms with E-state index in [-0.39, 0.29) is 0 Å². The van der Waals surface area contributed by atoms with Gasteiger partial charge in [-0.1, -0.05) is 23.7 Å². The van der Waals surface area contributed by atoms with Crippen LogP contribution >= 0.6 is 11.6 Å². The fourth-order valence-electron chi connectivity index (χ4n) is 3.35. The van der Waals surface area contributed by atoms with Crippen LogP contribution in [0.2, 0.25) is 5.02 Å². The number of hydrogen-bond donors (Lipinski definition) is 0. The molecule has 4 rings (SSSR count). The molecular formula is C20H22ClN5. The quantitative estimate of drug-likeness (QED) is 0.705. The average molecular weight is 368 g/mol. The number of halogens is 1. The van der Waals surface area contributed by atoms with Crippen LogP contribution in [0.25, 0.3) is 10.9 Å². The van der Waals surface area contributed by atoms with Gasteiger partial charge in [-0.3, -0.25) is 0 Å². The molecule has 134 valence electrons. The molecule has 0 N–H and O–H groups in total. The molecule has 1 aromatic heterocycles. The summed E-state index contributed by atoms with van der Waals surface area (Å²) in [5.74, 6) is 1.77. The molecule has 2 aromatic carbocycles. The van der Waals surface area contributed by atoms with Crippen LogP contribution in [0.5, 0.6) is 0 Å². The number of benzene rings is 2. The third-order valence-corrected chi connectivity index (χ3v) is 5.00. The van der Waals surface area contributed by atoms with Gasteiger partial charge >= 0.3 is 0 Å². The Kier molecular flexibility index (Phi) is 4.55. The smallest absolute Gasteiger partial charge is 0.228 e. The number of nitrogens with zero attached hydrogens (tertiary/aromatic N) is 5. The Hall–Kier alpha value is -2.53. The normalized spacial score (nSPS) is 14.7. The highest BCUT2D eigenvalue weighted by atomic mass is 35.5. The lowest BCUT2D eigenvalue weighted by molar-refractivity contribution is 0.641. The summed E-state index contributed by atoms with van der Waals surface area (Å²) in [5, 5.41) is 1.86. The number of anilines is 3.